The van der Waals surface area contributed by atoms with E-state index >= 15 is 0 Å². The molecule has 1 saturated carbocycles. The first-order chi connectivity index (χ1) is 9.84. The van der Waals surface area contributed by atoms with Crippen LogP contribution in [0.5, 0.6) is 0 Å². The van der Waals surface area contributed by atoms with Crippen molar-refractivity contribution in [2.75, 3.05) is 0 Å². The number of carboxylic acids is 1. The molecular weight excluding hydrogens is 287 g/mol. The molecule has 1 aliphatic carbocycles. The smallest absolute Gasteiger partial charge is 0.416 e. The van der Waals surface area contributed by atoms with Crippen LogP contribution in [0.3, 0.4) is 0 Å². The van der Waals surface area contributed by atoms with E-state index in [0.29, 0.717) is 25.2 Å². The molecule has 0 spiro atoms. The molecule has 0 bridgehead atoms. The van der Waals surface area contributed by atoms with Crippen LogP contribution in [0.25, 0.3) is 11.1 Å². The van der Waals surface area contributed by atoms with Crippen LogP contribution in [0.15, 0.2) is 22.6 Å². The number of benzene rings is 1. The predicted molar refractivity (Wildman–Crippen MR) is 66.7 cm³/mol. The number of carboxylic acid groups (broad SMARTS) is 1. The Hall–Kier alpha value is -2.05. The summed E-state index contributed by atoms with van der Waals surface area (Å²) in [6, 6.07) is 3.15. The Morgan fingerprint density at radius 1 is 1.33 bits per heavy atom. The number of aromatic nitrogens is 1. The summed E-state index contributed by atoms with van der Waals surface area (Å²) < 4.78 is 43.4. The molecule has 0 radical (unpaired) electrons. The first kappa shape index (κ1) is 13.9. The summed E-state index contributed by atoms with van der Waals surface area (Å²) >= 11 is 0. The van der Waals surface area contributed by atoms with Crippen LogP contribution in [-0.4, -0.2) is 16.1 Å². The molecule has 3 rings (SSSR count). The zero-order chi connectivity index (χ0) is 15.2. The topological polar surface area (TPSA) is 63.3 Å². The first-order valence-corrected chi connectivity index (χ1v) is 6.55. The van der Waals surface area contributed by atoms with Crippen molar-refractivity contribution in [1.82, 2.24) is 4.98 Å². The fraction of sp³-hybridized carbons (Fsp3) is 0.429. The lowest BCUT2D eigenvalue weighted by atomic mass is 10.1. The number of aliphatic carboxylic acids is 1. The Balaban J connectivity index is 1.90. The van der Waals surface area contributed by atoms with Crippen LogP contribution in [0.1, 0.15) is 36.6 Å². The average molecular weight is 299 g/mol. The van der Waals surface area contributed by atoms with Gasteiger partial charge in [-0.25, -0.2) is 4.98 Å². The third-order valence-corrected chi connectivity index (χ3v) is 3.86. The summed E-state index contributed by atoms with van der Waals surface area (Å²) in [5, 5.41) is 8.97. The van der Waals surface area contributed by atoms with Gasteiger partial charge in [0.25, 0.3) is 0 Å². The molecule has 0 amide bonds. The van der Waals surface area contributed by atoms with Gasteiger partial charge in [-0.2, -0.15) is 13.2 Å². The minimum Gasteiger partial charge on any atom is -0.481 e. The SMILES string of the molecule is O=C(O)C1CCC(c2nc3cc(C(F)(F)F)ccc3o2)C1. The van der Waals surface area contributed by atoms with Crippen LogP contribution >= 0.6 is 0 Å². The second-order valence-electron chi connectivity index (χ2n) is 5.28. The standard InChI is InChI=1S/C14H12F3NO3/c15-14(16,17)9-3-4-11-10(6-9)18-12(21-11)7-1-2-8(5-7)13(19)20/h3-4,6-8H,1-2,5H2,(H,19,20). The molecule has 0 aliphatic heterocycles. The number of hydrogen-bond donors (Lipinski definition) is 1. The van der Waals surface area contributed by atoms with Crippen molar-refractivity contribution < 1.29 is 27.5 Å². The summed E-state index contributed by atoms with van der Waals surface area (Å²) in [5.41, 5.74) is -0.333. The van der Waals surface area contributed by atoms with Gasteiger partial charge in [0.05, 0.1) is 11.5 Å². The van der Waals surface area contributed by atoms with E-state index in [9.17, 15) is 18.0 Å². The Bertz CT molecular complexity index is 692. The largest absolute Gasteiger partial charge is 0.481 e. The van der Waals surface area contributed by atoms with Crippen molar-refractivity contribution in [2.24, 2.45) is 5.92 Å². The number of oxazole rings is 1. The zero-order valence-electron chi connectivity index (χ0n) is 10.9. The number of alkyl halides is 3. The fourth-order valence-corrected chi connectivity index (χ4v) is 2.73. The van der Waals surface area contributed by atoms with Crippen molar-refractivity contribution in [3.63, 3.8) is 0 Å². The molecule has 1 fully saturated rings. The first-order valence-electron chi connectivity index (χ1n) is 6.55. The van der Waals surface area contributed by atoms with E-state index in [1.165, 1.54) is 6.07 Å². The Morgan fingerprint density at radius 3 is 2.71 bits per heavy atom. The Kier molecular flexibility index (Phi) is 3.15. The van der Waals surface area contributed by atoms with E-state index in [0.717, 1.165) is 12.1 Å². The van der Waals surface area contributed by atoms with Crippen molar-refractivity contribution in [3.8, 4) is 0 Å². The van der Waals surface area contributed by atoms with Gasteiger partial charge < -0.3 is 9.52 Å². The summed E-state index contributed by atoms with van der Waals surface area (Å²) in [7, 11) is 0. The number of halogens is 3. The van der Waals surface area contributed by atoms with Crippen LogP contribution in [0, 0.1) is 5.92 Å². The molecule has 21 heavy (non-hydrogen) atoms. The molecule has 1 heterocycles. The molecule has 1 N–H and O–H groups in total. The number of rotatable bonds is 2. The predicted octanol–water partition coefficient (Wildman–Crippen LogP) is 3.81. The molecule has 2 atom stereocenters. The lowest BCUT2D eigenvalue weighted by molar-refractivity contribution is -0.141. The van der Waals surface area contributed by atoms with Crippen molar-refractivity contribution in [1.29, 1.82) is 0 Å². The van der Waals surface area contributed by atoms with Gasteiger partial charge >= 0.3 is 12.1 Å². The summed E-state index contributed by atoms with van der Waals surface area (Å²) in [4.78, 5) is 15.0. The molecule has 4 nitrogen and oxygen atoms in total. The van der Waals surface area contributed by atoms with Gasteiger partial charge in [-0.05, 0) is 37.5 Å². The highest BCUT2D eigenvalue weighted by atomic mass is 19.4. The molecule has 112 valence electrons. The number of nitrogens with zero attached hydrogens (tertiary/aromatic N) is 1. The van der Waals surface area contributed by atoms with Gasteiger partial charge in [0.2, 0.25) is 0 Å². The van der Waals surface area contributed by atoms with Gasteiger partial charge in [-0.3, -0.25) is 4.79 Å². The van der Waals surface area contributed by atoms with E-state index in [1.807, 2.05) is 0 Å². The maximum atomic E-state index is 12.6. The lowest BCUT2D eigenvalue weighted by Gasteiger charge is -2.04. The maximum absolute atomic E-state index is 12.6. The molecule has 0 saturated heterocycles. The summed E-state index contributed by atoms with van der Waals surface area (Å²) in [6.07, 6.45) is -2.86. The fourth-order valence-electron chi connectivity index (χ4n) is 2.73. The van der Waals surface area contributed by atoms with Crippen molar-refractivity contribution in [3.05, 3.63) is 29.7 Å². The van der Waals surface area contributed by atoms with Crippen LogP contribution in [-0.2, 0) is 11.0 Å². The highest BCUT2D eigenvalue weighted by Crippen LogP contribution is 2.39. The van der Waals surface area contributed by atoms with Gasteiger partial charge in [0.1, 0.15) is 5.52 Å². The average Bonchev–Trinajstić information content (AvgIpc) is 3.03. The van der Waals surface area contributed by atoms with E-state index in [-0.39, 0.29) is 17.0 Å². The number of carbonyl (C=O) groups is 1. The van der Waals surface area contributed by atoms with Gasteiger partial charge in [-0.1, -0.05) is 0 Å². The highest BCUT2D eigenvalue weighted by Gasteiger charge is 2.34. The lowest BCUT2D eigenvalue weighted by Crippen LogP contribution is -2.09. The third kappa shape index (κ3) is 2.59. The molecule has 7 heteroatoms. The molecule has 1 aromatic heterocycles. The van der Waals surface area contributed by atoms with E-state index in [2.05, 4.69) is 4.98 Å². The second-order valence-corrected chi connectivity index (χ2v) is 5.28. The maximum Gasteiger partial charge on any atom is 0.416 e. The third-order valence-electron chi connectivity index (χ3n) is 3.86. The quantitative estimate of drug-likeness (QED) is 0.915. The Morgan fingerprint density at radius 2 is 2.10 bits per heavy atom. The number of fused-ring (bicyclic) bond motifs is 1. The molecule has 2 unspecified atom stereocenters. The molecule has 2 aromatic rings. The minimum absolute atomic E-state index is 0.146. The van der Waals surface area contributed by atoms with Gasteiger partial charge in [0.15, 0.2) is 11.5 Å². The van der Waals surface area contributed by atoms with E-state index in [4.69, 9.17) is 9.52 Å². The van der Waals surface area contributed by atoms with E-state index < -0.39 is 23.6 Å². The normalized spacial score (nSPS) is 22.8. The second kappa shape index (κ2) is 4.75. The van der Waals surface area contributed by atoms with Crippen LogP contribution in [0.2, 0.25) is 0 Å². The zero-order valence-corrected chi connectivity index (χ0v) is 10.9. The molecular formula is C14H12F3NO3. The Labute approximate surface area is 117 Å². The van der Waals surface area contributed by atoms with Crippen molar-refractivity contribution in [2.45, 2.75) is 31.4 Å². The van der Waals surface area contributed by atoms with Crippen LogP contribution < -0.4 is 0 Å². The summed E-state index contributed by atoms with van der Waals surface area (Å²) in [6.45, 7) is 0. The van der Waals surface area contributed by atoms with Gasteiger partial charge in [-0.15, -0.1) is 0 Å². The minimum atomic E-state index is -4.42. The number of hydrogen-bond acceptors (Lipinski definition) is 3. The van der Waals surface area contributed by atoms with Crippen LogP contribution in [0.4, 0.5) is 13.2 Å². The molecule has 1 aliphatic rings. The molecule has 1 aromatic carbocycles. The summed E-state index contributed by atoms with van der Waals surface area (Å²) in [5.74, 6) is -1.11. The van der Waals surface area contributed by atoms with Crippen molar-refractivity contribution >= 4 is 17.1 Å². The monoisotopic (exact) mass is 299 g/mol. The van der Waals surface area contributed by atoms with Gasteiger partial charge in [0, 0.05) is 5.92 Å². The van der Waals surface area contributed by atoms with E-state index in [1.54, 1.807) is 0 Å². The highest BCUT2D eigenvalue weighted by molar-refractivity contribution is 5.74.